The van der Waals surface area contributed by atoms with Crippen molar-refractivity contribution >= 4 is 35.3 Å². The second kappa shape index (κ2) is 64.6. The number of aliphatic hydroxyl groups excluding tert-OH is 3. The monoisotopic (exact) mass is 1110 g/mol. The van der Waals surface area contributed by atoms with E-state index >= 15 is 0 Å². The van der Waals surface area contributed by atoms with Gasteiger partial charge in [0.2, 0.25) is 0 Å². The lowest BCUT2D eigenvalue weighted by atomic mass is 10.1. The van der Waals surface area contributed by atoms with Crippen molar-refractivity contribution in [2.75, 3.05) is 19.8 Å². The van der Waals surface area contributed by atoms with Crippen LogP contribution in [0.1, 0.15) is 279 Å². The van der Waals surface area contributed by atoms with Gasteiger partial charge in [-0.3, -0.25) is 28.8 Å². The molecule has 3 atom stereocenters. The van der Waals surface area contributed by atoms with Gasteiger partial charge < -0.3 is 29.5 Å². The number of hydrogen-bond donors (Lipinski definition) is 3. The summed E-state index contributed by atoms with van der Waals surface area (Å²) in [5.74, 6) is -1.74. The van der Waals surface area contributed by atoms with Crippen LogP contribution in [0.4, 0.5) is 0 Å². The van der Waals surface area contributed by atoms with Gasteiger partial charge in [0.15, 0.2) is 17.3 Å². The Morgan fingerprint density at radius 3 is 0.772 bits per heavy atom. The number of carbonyl (C=O) groups excluding carboxylic acids is 6. The van der Waals surface area contributed by atoms with Gasteiger partial charge >= 0.3 is 17.9 Å². The number of rotatable bonds is 52. The Balaban J connectivity index is -0.00000110. The van der Waals surface area contributed by atoms with E-state index in [4.69, 9.17) is 0 Å². The molecule has 456 valence electrons. The van der Waals surface area contributed by atoms with Gasteiger partial charge in [0, 0.05) is 40.0 Å². The predicted octanol–water partition coefficient (Wildman–Crippen LogP) is 16.3. The largest absolute Gasteiger partial charge is 0.463 e. The van der Waals surface area contributed by atoms with Gasteiger partial charge in [-0.05, 0) is 115 Å². The maximum Gasteiger partial charge on any atom is 0.302 e. The van der Waals surface area contributed by atoms with Crippen LogP contribution in [0.5, 0.6) is 0 Å². The molecular weight excluding hydrogens is 997 g/mol. The summed E-state index contributed by atoms with van der Waals surface area (Å²) in [5, 5.41) is 28.6. The fourth-order valence-electron chi connectivity index (χ4n) is 7.99. The number of ketones is 3. The number of allylic oxidation sites excluding steroid dienone is 12. The standard InChI is InChI=1S/C23H40O4.C23H38O4.C21H38O4/c2*1-3-4-5-6-7-8-9-10-11-12-13-14-15-16-17-18-22(25)19-23(26)20-27-21(2)24;1-3-4-5-6-7-8-9-10-11-12-13-14-15-16-20(23)17-21(24)18-25-19(2)22/h7-8,17-18,23,26H,3-6,9-16,19-20H2,1-2H3;7-8,10-11,17-18,23,26H,3-6,9,12-16,19-20H2,1-2H3;15-16,21,24H,3-14,17-18H2,1-2H3/b8-7-,18-17+;8-7-,11-10-,18-17+;16-15+/t2*23-;21-/m111/s1. The first kappa shape index (κ1) is 79.0. The summed E-state index contributed by atoms with van der Waals surface area (Å²) in [4.78, 5) is 66.7. The van der Waals surface area contributed by atoms with E-state index in [0.29, 0.717) is 0 Å². The van der Waals surface area contributed by atoms with E-state index < -0.39 is 36.2 Å². The number of unbranched alkanes of at least 4 members (excludes halogenated alkanes) is 28. The first-order chi connectivity index (χ1) is 38.2. The average molecular weight is 1110 g/mol. The van der Waals surface area contributed by atoms with E-state index in [1.807, 2.05) is 18.2 Å². The quantitative estimate of drug-likeness (QED) is 0.0172. The molecule has 0 aliphatic carbocycles. The minimum atomic E-state index is -0.927. The Labute approximate surface area is 481 Å². The number of hydrogen-bond acceptors (Lipinski definition) is 12. The van der Waals surface area contributed by atoms with E-state index in [1.54, 1.807) is 0 Å². The van der Waals surface area contributed by atoms with Crippen LogP contribution in [0, 0.1) is 0 Å². The highest BCUT2D eigenvalue weighted by Gasteiger charge is 2.12. The van der Waals surface area contributed by atoms with Crippen LogP contribution < -0.4 is 0 Å². The molecule has 0 aromatic heterocycles. The second-order valence-electron chi connectivity index (χ2n) is 20.9. The average Bonchev–Trinajstić information content (AvgIpc) is 3.40. The van der Waals surface area contributed by atoms with Crippen molar-refractivity contribution in [2.24, 2.45) is 0 Å². The summed E-state index contributed by atoms with van der Waals surface area (Å²) in [6, 6.07) is 0. The van der Waals surface area contributed by atoms with Crippen molar-refractivity contribution < 1.29 is 58.3 Å². The maximum absolute atomic E-state index is 11.6. The van der Waals surface area contributed by atoms with Crippen molar-refractivity contribution in [3.05, 3.63) is 72.9 Å². The highest BCUT2D eigenvalue weighted by molar-refractivity contribution is 5.90. The lowest BCUT2D eigenvalue weighted by molar-refractivity contribution is -0.145. The normalized spacial score (nSPS) is 12.7. The molecule has 0 unspecified atom stereocenters. The molecule has 0 aliphatic heterocycles. The van der Waals surface area contributed by atoms with Crippen LogP contribution in [0.3, 0.4) is 0 Å². The number of esters is 3. The van der Waals surface area contributed by atoms with E-state index in [1.165, 1.54) is 200 Å². The molecule has 0 aromatic carbocycles. The molecule has 3 N–H and O–H groups in total. The zero-order chi connectivity index (χ0) is 59.1. The first-order valence-corrected chi connectivity index (χ1v) is 31.1. The van der Waals surface area contributed by atoms with Gasteiger partial charge in [0.25, 0.3) is 0 Å². The fourth-order valence-corrected chi connectivity index (χ4v) is 7.99. The minimum absolute atomic E-state index is 0.00202. The van der Waals surface area contributed by atoms with Crippen LogP contribution in [-0.2, 0) is 43.0 Å². The number of ether oxygens (including phenoxy) is 3. The Bertz CT molecular complexity index is 1620. The summed E-state index contributed by atoms with van der Waals surface area (Å²) in [6.45, 7) is 10.2. The van der Waals surface area contributed by atoms with Crippen LogP contribution >= 0.6 is 0 Å². The summed E-state index contributed by atoms with van der Waals surface area (Å²) in [5.41, 5.74) is 0. The lowest BCUT2D eigenvalue weighted by Crippen LogP contribution is -2.20. The van der Waals surface area contributed by atoms with Gasteiger partial charge in [-0.15, -0.1) is 0 Å². The summed E-state index contributed by atoms with van der Waals surface area (Å²) in [6.07, 6.45) is 62.7. The van der Waals surface area contributed by atoms with Crippen molar-refractivity contribution in [2.45, 2.75) is 297 Å². The molecule has 12 nitrogen and oxygen atoms in total. The lowest BCUT2D eigenvalue weighted by Gasteiger charge is -2.07. The van der Waals surface area contributed by atoms with E-state index in [-0.39, 0.29) is 56.4 Å². The van der Waals surface area contributed by atoms with Crippen LogP contribution in [0.2, 0.25) is 0 Å². The van der Waals surface area contributed by atoms with Crippen molar-refractivity contribution in [3.8, 4) is 0 Å². The fraction of sp³-hybridized carbons (Fsp3) is 0.731. The molecule has 0 saturated carbocycles. The molecule has 0 amide bonds. The van der Waals surface area contributed by atoms with Crippen LogP contribution in [-0.4, -0.2) is 88.7 Å². The molecule has 0 saturated heterocycles. The molecule has 0 aromatic rings. The molecule has 0 fully saturated rings. The van der Waals surface area contributed by atoms with E-state index in [2.05, 4.69) is 71.4 Å². The third-order valence-corrected chi connectivity index (χ3v) is 12.6. The third-order valence-electron chi connectivity index (χ3n) is 12.6. The number of carbonyl (C=O) groups is 6. The van der Waals surface area contributed by atoms with Gasteiger partial charge in [-0.1, -0.05) is 197 Å². The van der Waals surface area contributed by atoms with E-state index in [0.717, 1.165) is 57.8 Å². The molecule has 79 heavy (non-hydrogen) atoms. The second-order valence-corrected chi connectivity index (χ2v) is 20.9. The molecule has 0 rings (SSSR count). The molecule has 0 radical (unpaired) electrons. The van der Waals surface area contributed by atoms with Gasteiger partial charge in [0.1, 0.15) is 19.8 Å². The smallest absolute Gasteiger partial charge is 0.302 e. The predicted molar refractivity (Wildman–Crippen MR) is 326 cm³/mol. The molecule has 12 heteroatoms. The topological polar surface area (TPSA) is 191 Å². The van der Waals surface area contributed by atoms with Crippen molar-refractivity contribution in [1.29, 1.82) is 0 Å². The molecule has 0 aliphatic rings. The van der Waals surface area contributed by atoms with E-state index in [9.17, 15) is 44.1 Å². The highest BCUT2D eigenvalue weighted by Crippen LogP contribution is 2.14. The van der Waals surface area contributed by atoms with Crippen LogP contribution in [0.25, 0.3) is 0 Å². The summed E-state index contributed by atoms with van der Waals surface area (Å²) >= 11 is 0. The Hall–Kier alpha value is -4.26. The summed E-state index contributed by atoms with van der Waals surface area (Å²) in [7, 11) is 0. The molecule has 0 heterocycles. The van der Waals surface area contributed by atoms with Gasteiger partial charge in [0.05, 0.1) is 18.3 Å². The number of aliphatic hydroxyl groups is 3. The van der Waals surface area contributed by atoms with Crippen molar-refractivity contribution in [3.63, 3.8) is 0 Å². The molecule has 0 bridgehead atoms. The van der Waals surface area contributed by atoms with Gasteiger partial charge in [-0.25, -0.2) is 0 Å². The Morgan fingerprint density at radius 1 is 0.304 bits per heavy atom. The third kappa shape index (κ3) is 73.7. The zero-order valence-electron chi connectivity index (χ0n) is 51.0. The maximum atomic E-state index is 11.6. The minimum Gasteiger partial charge on any atom is -0.463 e. The highest BCUT2D eigenvalue weighted by atomic mass is 16.5. The molecular formula is C67H116O12. The first-order valence-electron chi connectivity index (χ1n) is 31.1. The van der Waals surface area contributed by atoms with Crippen LogP contribution in [0.15, 0.2) is 72.9 Å². The summed E-state index contributed by atoms with van der Waals surface area (Å²) < 4.78 is 14.0. The SMILES string of the molecule is CCCCC/C=C\C/C=C\CCCCC/C=C/C(=O)C[C@@H](O)COC(C)=O.CCCCC/C=C\CCCCCCCC/C=C/C(=O)C[C@@H](O)COC(C)=O.CCCCCCCCCCCCC/C=C/C(=O)C[C@@H](O)COC(C)=O. The van der Waals surface area contributed by atoms with Gasteiger partial charge in [-0.2, -0.15) is 0 Å². The Kier molecular flexibility index (Phi) is 64.5. The van der Waals surface area contributed by atoms with Crippen molar-refractivity contribution in [1.82, 2.24) is 0 Å². The zero-order valence-corrected chi connectivity index (χ0v) is 51.0. The molecule has 0 spiro atoms. The Morgan fingerprint density at radius 2 is 0.506 bits per heavy atom.